The van der Waals surface area contributed by atoms with Gasteiger partial charge in [0.1, 0.15) is 28.7 Å². The van der Waals surface area contributed by atoms with Crippen LogP contribution in [0.3, 0.4) is 0 Å². The highest BCUT2D eigenvalue weighted by molar-refractivity contribution is 5.82. The Morgan fingerprint density at radius 2 is 1.69 bits per heavy atom. The standard InChI is InChI=1S/C24H23F6N9/c1-39-8-5-14(6-9-39)34-19-10-15(24(28,29)30)20(38-37-19)17-12-33-21-16(4-7-31-22(21)36-17)35-18-3-2-13(11-32-18)23(25,26)27/h2-4,10-12,14H,5-9H2,1H3,(H,31,36)(H,32,35)(H,34,37). The van der Waals surface area contributed by atoms with Crippen molar-refractivity contribution in [1.82, 2.24) is 30.0 Å². The zero-order chi connectivity index (χ0) is 27.8. The molecule has 3 aromatic rings. The number of anilines is 3. The van der Waals surface area contributed by atoms with Crippen molar-refractivity contribution in [3.63, 3.8) is 0 Å². The van der Waals surface area contributed by atoms with Crippen LogP contribution < -0.4 is 16.0 Å². The normalized spacial score (nSPS) is 16.7. The van der Waals surface area contributed by atoms with Crippen LogP contribution in [0.1, 0.15) is 29.7 Å². The molecule has 0 bridgehead atoms. The molecule has 0 radical (unpaired) electrons. The maximum atomic E-state index is 14.0. The molecule has 3 N–H and O–H groups in total. The number of alkyl halides is 6. The molecule has 2 aliphatic rings. The Kier molecular flexibility index (Phi) is 7.01. The fourth-order valence-corrected chi connectivity index (χ4v) is 4.28. The van der Waals surface area contributed by atoms with Gasteiger partial charge in [-0.05, 0) is 57.3 Å². The zero-order valence-corrected chi connectivity index (χ0v) is 20.5. The van der Waals surface area contributed by atoms with Crippen molar-refractivity contribution in [3.8, 4) is 11.4 Å². The Balaban J connectivity index is 1.39. The third-order valence-electron chi connectivity index (χ3n) is 6.37. The van der Waals surface area contributed by atoms with E-state index in [0.717, 1.165) is 44.3 Å². The van der Waals surface area contributed by atoms with Gasteiger partial charge >= 0.3 is 12.4 Å². The van der Waals surface area contributed by atoms with E-state index in [9.17, 15) is 26.3 Å². The molecule has 2 aliphatic heterocycles. The molecule has 0 spiro atoms. The molecular formula is C24H23F6N9. The Morgan fingerprint density at radius 3 is 2.36 bits per heavy atom. The molecule has 1 fully saturated rings. The Bertz CT molecular complexity index is 1360. The number of rotatable bonds is 5. The van der Waals surface area contributed by atoms with E-state index in [1.807, 2.05) is 7.05 Å². The molecule has 0 aromatic carbocycles. The number of fused-ring (bicyclic) bond motifs is 1. The second-order valence-electron chi connectivity index (χ2n) is 9.22. The van der Waals surface area contributed by atoms with Crippen molar-refractivity contribution in [1.29, 1.82) is 0 Å². The summed E-state index contributed by atoms with van der Waals surface area (Å²) in [4.78, 5) is 14.5. The Morgan fingerprint density at radius 1 is 0.923 bits per heavy atom. The number of hydrogen-bond donors (Lipinski definition) is 3. The molecule has 0 saturated carbocycles. The van der Waals surface area contributed by atoms with Gasteiger partial charge in [0.15, 0.2) is 5.82 Å². The Labute approximate surface area is 218 Å². The van der Waals surface area contributed by atoms with Gasteiger partial charge in [0.2, 0.25) is 0 Å². The van der Waals surface area contributed by atoms with Crippen LogP contribution in [0, 0.1) is 0 Å². The number of halogens is 6. The molecule has 1 saturated heterocycles. The molecule has 0 aliphatic carbocycles. The molecule has 9 nitrogen and oxygen atoms in total. The van der Waals surface area contributed by atoms with Crippen LogP contribution in [0.5, 0.6) is 0 Å². The number of aromatic nitrogens is 5. The predicted molar refractivity (Wildman–Crippen MR) is 132 cm³/mol. The van der Waals surface area contributed by atoms with Gasteiger partial charge in [-0.1, -0.05) is 0 Å². The highest BCUT2D eigenvalue weighted by Crippen LogP contribution is 2.37. The van der Waals surface area contributed by atoms with Crippen LogP contribution in [-0.4, -0.2) is 62.8 Å². The first-order valence-electron chi connectivity index (χ1n) is 12.0. The van der Waals surface area contributed by atoms with E-state index in [4.69, 9.17) is 0 Å². The second kappa shape index (κ2) is 10.3. The first-order chi connectivity index (χ1) is 18.5. The summed E-state index contributed by atoms with van der Waals surface area (Å²) in [5.74, 6) is 0.335. The summed E-state index contributed by atoms with van der Waals surface area (Å²) in [6.45, 7) is 1.89. The summed E-state index contributed by atoms with van der Waals surface area (Å²) in [5.41, 5.74) is -1.86. The van der Waals surface area contributed by atoms with Crippen LogP contribution in [0.4, 0.5) is 43.8 Å². The number of pyridine rings is 1. The third-order valence-corrected chi connectivity index (χ3v) is 6.37. The van der Waals surface area contributed by atoms with Gasteiger partial charge in [-0.2, -0.15) is 26.3 Å². The zero-order valence-electron chi connectivity index (χ0n) is 20.5. The van der Waals surface area contributed by atoms with Crippen LogP contribution in [-0.2, 0) is 12.4 Å². The fourth-order valence-electron chi connectivity index (χ4n) is 4.28. The first kappa shape index (κ1) is 26.6. The fraction of sp³-hybridized carbons (Fsp3) is 0.375. The molecular weight excluding hydrogens is 528 g/mol. The van der Waals surface area contributed by atoms with Crippen LogP contribution in [0.25, 0.3) is 17.1 Å². The van der Waals surface area contributed by atoms with Crippen molar-refractivity contribution in [3.05, 3.63) is 53.5 Å². The van der Waals surface area contributed by atoms with E-state index in [1.54, 1.807) is 6.08 Å². The molecule has 39 heavy (non-hydrogen) atoms. The van der Waals surface area contributed by atoms with E-state index in [2.05, 4.69) is 46.0 Å². The SMILES string of the molecule is CN1CCC(Nc2cc(C(F)(F)F)c(-c3cnc4c(n3)NCC=C4Nc3ccc(C(F)(F)F)cn3)nn2)CC1. The minimum absolute atomic E-state index is 0.00738. The lowest BCUT2D eigenvalue weighted by molar-refractivity contribution is -0.138. The van der Waals surface area contributed by atoms with Gasteiger partial charge in [0.05, 0.1) is 23.0 Å². The van der Waals surface area contributed by atoms with Crippen LogP contribution in [0.15, 0.2) is 36.7 Å². The summed E-state index contributed by atoms with van der Waals surface area (Å²) in [5, 5.41) is 16.7. The van der Waals surface area contributed by atoms with Crippen molar-refractivity contribution in [2.45, 2.75) is 31.2 Å². The minimum Gasteiger partial charge on any atom is -0.366 e. The summed E-state index contributed by atoms with van der Waals surface area (Å²) in [7, 11) is 1.99. The third kappa shape index (κ3) is 6.02. The van der Waals surface area contributed by atoms with E-state index >= 15 is 0 Å². The highest BCUT2D eigenvalue weighted by Gasteiger charge is 2.37. The van der Waals surface area contributed by atoms with E-state index < -0.39 is 29.2 Å². The van der Waals surface area contributed by atoms with Gasteiger partial charge in [0, 0.05) is 18.8 Å². The lowest BCUT2D eigenvalue weighted by Crippen LogP contribution is -2.37. The topological polar surface area (TPSA) is 104 Å². The van der Waals surface area contributed by atoms with Gasteiger partial charge in [-0.3, -0.25) is 0 Å². The van der Waals surface area contributed by atoms with Crippen molar-refractivity contribution >= 4 is 23.2 Å². The van der Waals surface area contributed by atoms with Gasteiger partial charge in [-0.15, -0.1) is 10.2 Å². The largest absolute Gasteiger partial charge is 0.418 e. The molecule has 5 heterocycles. The minimum atomic E-state index is -4.72. The van der Waals surface area contributed by atoms with Crippen LogP contribution >= 0.6 is 0 Å². The van der Waals surface area contributed by atoms with Gasteiger partial charge in [0.25, 0.3) is 0 Å². The number of nitrogens with zero attached hydrogens (tertiary/aromatic N) is 6. The summed E-state index contributed by atoms with van der Waals surface area (Å²) in [6, 6.07) is 2.97. The van der Waals surface area contributed by atoms with Crippen molar-refractivity contribution in [2.24, 2.45) is 0 Å². The monoisotopic (exact) mass is 551 g/mol. The smallest absolute Gasteiger partial charge is 0.366 e. The molecule has 5 rings (SSSR count). The molecule has 206 valence electrons. The number of piperidine rings is 1. The van der Waals surface area contributed by atoms with E-state index in [1.165, 1.54) is 6.07 Å². The lowest BCUT2D eigenvalue weighted by Gasteiger charge is -2.29. The number of hydrogen-bond acceptors (Lipinski definition) is 9. The maximum absolute atomic E-state index is 14.0. The lowest BCUT2D eigenvalue weighted by atomic mass is 10.1. The molecule has 0 amide bonds. The van der Waals surface area contributed by atoms with Crippen LogP contribution in [0.2, 0.25) is 0 Å². The molecule has 0 unspecified atom stereocenters. The molecule has 15 heteroatoms. The molecule has 0 atom stereocenters. The number of nitrogens with one attached hydrogen (secondary N) is 3. The summed E-state index contributed by atoms with van der Waals surface area (Å²) >= 11 is 0. The van der Waals surface area contributed by atoms with E-state index in [-0.39, 0.29) is 41.4 Å². The predicted octanol–water partition coefficient (Wildman–Crippen LogP) is 4.75. The summed E-state index contributed by atoms with van der Waals surface area (Å²) in [6.07, 6.45) is -4.19. The average Bonchev–Trinajstić information content (AvgIpc) is 2.89. The van der Waals surface area contributed by atoms with Gasteiger partial charge in [-0.25, -0.2) is 15.0 Å². The maximum Gasteiger partial charge on any atom is 0.418 e. The van der Waals surface area contributed by atoms with Crippen molar-refractivity contribution in [2.75, 3.05) is 42.6 Å². The Hall–Kier alpha value is -4.01. The highest BCUT2D eigenvalue weighted by atomic mass is 19.4. The summed E-state index contributed by atoms with van der Waals surface area (Å²) < 4.78 is 80.5. The molecule has 3 aromatic heterocycles. The quantitative estimate of drug-likeness (QED) is 0.388. The van der Waals surface area contributed by atoms with Crippen molar-refractivity contribution < 1.29 is 26.3 Å². The van der Waals surface area contributed by atoms with E-state index in [0.29, 0.717) is 11.9 Å². The number of likely N-dealkylation sites (tertiary alicyclic amines) is 1. The first-order valence-corrected chi connectivity index (χ1v) is 12.0. The average molecular weight is 551 g/mol. The second-order valence-corrected chi connectivity index (χ2v) is 9.22. The van der Waals surface area contributed by atoms with Gasteiger partial charge < -0.3 is 20.9 Å².